The normalized spacial score (nSPS) is 12.5. The summed E-state index contributed by atoms with van der Waals surface area (Å²) in [5.74, 6) is 0.341. The second-order valence-electron chi connectivity index (χ2n) is 4.47. The van der Waals surface area contributed by atoms with Crippen molar-refractivity contribution in [2.45, 2.75) is 33.2 Å². The summed E-state index contributed by atoms with van der Waals surface area (Å²) in [4.78, 5) is 12.1. The van der Waals surface area contributed by atoms with Crippen LogP contribution in [0, 0.1) is 5.92 Å². The minimum atomic E-state index is -0.0790. The van der Waals surface area contributed by atoms with Gasteiger partial charge in [0.25, 0.3) is 5.91 Å². The van der Waals surface area contributed by atoms with E-state index in [2.05, 4.69) is 42.0 Å². The Hall–Kier alpha value is -1.03. The molecule has 1 amide bonds. The molecule has 1 rings (SSSR count). The number of hydrogen-bond acceptors (Lipinski definition) is 2. The van der Waals surface area contributed by atoms with Crippen LogP contribution in [0.1, 0.15) is 37.6 Å². The van der Waals surface area contributed by atoms with E-state index < -0.39 is 0 Å². The number of nitrogens with one attached hydrogen (secondary N) is 1. The number of rotatable bonds is 4. The Kier molecular flexibility index (Phi) is 5.00. The number of nitrogen functional groups attached to an aromatic ring is 1. The van der Waals surface area contributed by atoms with Gasteiger partial charge in [0.15, 0.2) is 0 Å². The molecule has 1 aromatic rings. The van der Waals surface area contributed by atoms with Gasteiger partial charge in [0.2, 0.25) is 0 Å². The average molecular weight is 299 g/mol. The second-order valence-corrected chi connectivity index (χ2v) is 5.33. The van der Waals surface area contributed by atoms with Crippen molar-refractivity contribution < 1.29 is 4.79 Å². The third-order valence-electron chi connectivity index (χ3n) is 2.80. The van der Waals surface area contributed by atoms with Crippen LogP contribution in [0.2, 0.25) is 0 Å². The molecule has 17 heavy (non-hydrogen) atoms. The average Bonchev–Trinajstić information content (AvgIpc) is 2.28. The standard InChI is InChI=1S/C13H19BrN2O/c1-4-12(8(2)3)16-13(17)10-7-9(15)5-6-11(10)14/h5-8,12H,4,15H2,1-3H3,(H,16,17). The van der Waals surface area contributed by atoms with Crippen LogP contribution in [0.5, 0.6) is 0 Å². The molecule has 0 heterocycles. The summed E-state index contributed by atoms with van der Waals surface area (Å²) < 4.78 is 0.766. The fourth-order valence-electron chi connectivity index (χ4n) is 1.70. The van der Waals surface area contributed by atoms with Crippen molar-refractivity contribution in [3.63, 3.8) is 0 Å². The number of carbonyl (C=O) groups excluding carboxylic acids is 1. The Bertz CT molecular complexity index is 404. The first kappa shape index (κ1) is 14.0. The summed E-state index contributed by atoms with van der Waals surface area (Å²) >= 11 is 3.36. The Balaban J connectivity index is 2.86. The molecule has 0 saturated heterocycles. The summed E-state index contributed by atoms with van der Waals surface area (Å²) in [7, 11) is 0. The van der Waals surface area contributed by atoms with Crippen molar-refractivity contribution in [2.75, 3.05) is 5.73 Å². The molecule has 0 aliphatic carbocycles. The maximum atomic E-state index is 12.1. The molecule has 0 saturated carbocycles. The molecule has 0 aliphatic rings. The largest absolute Gasteiger partial charge is 0.399 e. The van der Waals surface area contributed by atoms with Crippen LogP contribution >= 0.6 is 15.9 Å². The Morgan fingerprint density at radius 2 is 2.12 bits per heavy atom. The second kappa shape index (κ2) is 6.05. The Labute approximate surface area is 111 Å². The first-order valence-electron chi connectivity index (χ1n) is 5.81. The van der Waals surface area contributed by atoms with Gasteiger partial charge in [0.1, 0.15) is 0 Å². The van der Waals surface area contributed by atoms with Crippen molar-refractivity contribution in [1.82, 2.24) is 5.32 Å². The smallest absolute Gasteiger partial charge is 0.252 e. The van der Waals surface area contributed by atoms with Crippen LogP contribution in [-0.2, 0) is 0 Å². The van der Waals surface area contributed by atoms with Gasteiger partial charge >= 0.3 is 0 Å². The number of hydrogen-bond donors (Lipinski definition) is 2. The third-order valence-corrected chi connectivity index (χ3v) is 3.49. The van der Waals surface area contributed by atoms with Crippen molar-refractivity contribution in [1.29, 1.82) is 0 Å². The lowest BCUT2D eigenvalue weighted by Crippen LogP contribution is -2.38. The van der Waals surface area contributed by atoms with Crippen molar-refractivity contribution >= 4 is 27.5 Å². The summed E-state index contributed by atoms with van der Waals surface area (Å²) in [5, 5.41) is 3.03. The molecule has 0 aliphatic heterocycles. The highest BCUT2D eigenvalue weighted by atomic mass is 79.9. The van der Waals surface area contributed by atoms with Gasteiger partial charge in [-0.3, -0.25) is 4.79 Å². The van der Waals surface area contributed by atoms with Gasteiger partial charge in [0.05, 0.1) is 5.56 Å². The van der Waals surface area contributed by atoms with Crippen LogP contribution in [0.25, 0.3) is 0 Å². The molecular weight excluding hydrogens is 280 g/mol. The van der Waals surface area contributed by atoms with E-state index in [1.165, 1.54) is 0 Å². The quantitative estimate of drug-likeness (QED) is 0.839. The fourth-order valence-corrected chi connectivity index (χ4v) is 2.13. The molecule has 1 aromatic carbocycles. The highest BCUT2D eigenvalue weighted by Crippen LogP contribution is 2.20. The SMILES string of the molecule is CCC(NC(=O)c1cc(N)ccc1Br)C(C)C. The Morgan fingerprint density at radius 3 is 2.65 bits per heavy atom. The number of halogens is 1. The van der Waals surface area contributed by atoms with E-state index in [1.807, 2.05) is 0 Å². The van der Waals surface area contributed by atoms with Gasteiger partial charge in [-0.25, -0.2) is 0 Å². The van der Waals surface area contributed by atoms with E-state index in [0.717, 1.165) is 10.9 Å². The van der Waals surface area contributed by atoms with Crippen molar-refractivity contribution in [2.24, 2.45) is 5.92 Å². The summed E-state index contributed by atoms with van der Waals surface area (Å²) in [5.41, 5.74) is 6.87. The van der Waals surface area contributed by atoms with Gasteiger partial charge in [-0.2, -0.15) is 0 Å². The minimum absolute atomic E-state index is 0.0790. The first-order chi connectivity index (χ1) is 7.95. The van der Waals surface area contributed by atoms with Gasteiger partial charge in [0, 0.05) is 16.2 Å². The van der Waals surface area contributed by atoms with Crippen LogP contribution in [-0.4, -0.2) is 11.9 Å². The zero-order valence-corrected chi connectivity index (χ0v) is 12.0. The molecule has 3 nitrogen and oxygen atoms in total. The third kappa shape index (κ3) is 3.73. The van der Waals surface area contributed by atoms with E-state index in [-0.39, 0.29) is 11.9 Å². The molecule has 0 radical (unpaired) electrons. The maximum Gasteiger partial charge on any atom is 0.252 e. The van der Waals surface area contributed by atoms with Gasteiger partial charge in [-0.15, -0.1) is 0 Å². The number of benzene rings is 1. The zero-order valence-electron chi connectivity index (χ0n) is 10.5. The zero-order chi connectivity index (χ0) is 13.0. The molecule has 3 N–H and O–H groups in total. The molecular formula is C13H19BrN2O. The predicted molar refractivity (Wildman–Crippen MR) is 74.9 cm³/mol. The maximum absolute atomic E-state index is 12.1. The number of anilines is 1. The molecule has 0 aromatic heterocycles. The monoisotopic (exact) mass is 298 g/mol. The lowest BCUT2D eigenvalue weighted by molar-refractivity contribution is 0.0924. The molecule has 94 valence electrons. The highest BCUT2D eigenvalue weighted by molar-refractivity contribution is 9.10. The van der Waals surface area contributed by atoms with Crippen molar-refractivity contribution in [3.05, 3.63) is 28.2 Å². The lowest BCUT2D eigenvalue weighted by Gasteiger charge is -2.21. The molecule has 0 bridgehead atoms. The molecule has 4 heteroatoms. The van der Waals surface area contributed by atoms with Crippen LogP contribution in [0.3, 0.4) is 0 Å². The van der Waals surface area contributed by atoms with Crippen LogP contribution in [0.15, 0.2) is 22.7 Å². The van der Waals surface area contributed by atoms with Crippen LogP contribution < -0.4 is 11.1 Å². The molecule has 0 fully saturated rings. The van der Waals surface area contributed by atoms with Crippen molar-refractivity contribution in [3.8, 4) is 0 Å². The van der Waals surface area contributed by atoms with E-state index in [1.54, 1.807) is 18.2 Å². The predicted octanol–water partition coefficient (Wildman–Crippen LogP) is 3.20. The van der Waals surface area contributed by atoms with Gasteiger partial charge in [-0.05, 0) is 46.5 Å². The minimum Gasteiger partial charge on any atom is -0.399 e. The Morgan fingerprint density at radius 1 is 1.47 bits per heavy atom. The molecule has 1 unspecified atom stereocenters. The number of amides is 1. The number of carbonyl (C=O) groups is 1. The van der Waals surface area contributed by atoms with E-state index in [4.69, 9.17) is 5.73 Å². The number of nitrogens with two attached hydrogens (primary N) is 1. The molecule has 1 atom stereocenters. The fraction of sp³-hybridized carbons (Fsp3) is 0.462. The first-order valence-corrected chi connectivity index (χ1v) is 6.60. The molecule has 0 spiro atoms. The van der Waals surface area contributed by atoms with E-state index in [9.17, 15) is 4.79 Å². The lowest BCUT2D eigenvalue weighted by atomic mass is 10.0. The van der Waals surface area contributed by atoms with Gasteiger partial charge in [-0.1, -0.05) is 20.8 Å². The van der Waals surface area contributed by atoms with E-state index in [0.29, 0.717) is 17.2 Å². The van der Waals surface area contributed by atoms with E-state index >= 15 is 0 Å². The summed E-state index contributed by atoms with van der Waals surface area (Å²) in [6.07, 6.45) is 0.920. The van der Waals surface area contributed by atoms with Gasteiger partial charge < -0.3 is 11.1 Å². The summed E-state index contributed by atoms with van der Waals surface area (Å²) in [6.45, 7) is 6.27. The topological polar surface area (TPSA) is 55.1 Å². The highest BCUT2D eigenvalue weighted by Gasteiger charge is 2.17. The van der Waals surface area contributed by atoms with Crippen LogP contribution in [0.4, 0.5) is 5.69 Å². The summed E-state index contributed by atoms with van der Waals surface area (Å²) in [6, 6.07) is 5.43.